The molecule has 2 heterocycles. The lowest BCUT2D eigenvalue weighted by Crippen LogP contribution is -2.70. The summed E-state index contributed by atoms with van der Waals surface area (Å²) in [4.78, 5) is 38.6. The Labute approximate surface area is 192 Å². The lowest BCUT2D eigenvalue weighted by atomic mass is 9.97. The Balaban J connectivity index is 1.68. The summed E-state index contributed by atoms with van der Waals surface area (Å²) in [7, 11) is 0. The van der Waals surface area contributed by atoms with Crippen molar-refractivity contribution in [3.05, 3.63) is 59.3 Å². The van der Waals surface area contributed by atoms with E-state index in [9.17, 15) is 24.8 Å². The number of aliphatic carboxylic acids is 1. The van der Waals surface area contributed by atoms with Crippen molar-refractivity contribution in [2.45, 2.75) is 56.4 Å². The molecule has 2 aliphatic rings. The van der Waals surface area contributed by atoms with Crippen LogP contribution in [0.15, 0.2) is 53.8 Å². The summed E-state index contributed by atoms with van der Waals surface area (Å²) in [6.07, 6.45) is 9.17. The second kappa shape index (κ2) is 11.0. The number of carbonyl (C=O) groups is 3. The van der Waals surface area contributed by atoms with Crippen LogP contribution in [0, 0.1) is 11.3 Å². The van der Waals surface area contributed by atoms with Crippen LogP contribution < -0.4 is 5.32 Å². The van der Waals surface area contributed by atoms with E-state index in [1.165, 1.54) is 23.1 Å². The molecule has 3 atom stereocenters. The molecule has 0 aliphatic carbocycles. The molecule has 2 amide bonds. The summed E-state index contributed by atoms with van der Waals surface area (Å²) in [6.45, 7) is 2.15. The van der Waals surface area contributed by atoms with E-state index >= 15 is 0 Å². The van der Waals surface area contributed by atoms with Gasteiger partial charge in [0.15, 0.2) is 0 Å². The number of rotatable bonds is 10. The van der Waals surface area contributed by atoms with Gasteiger partial charge in [-0.3, -0.25) is 14.5 Å². The van der Waals surface area contributed by atoms with Crippen LogP contribution in [0.5, 0.6) is 0 Å². The van der Waals surface area contributed by atoms with Crippen LogP contribution in [0.1, 0.15) is 50.5 Å². The molecular weight excluding hydrogens is 426 g/mol. The van der Waals surface area contributed by atoms with Crippen molar-refractivity contribution in [1.82, 2.24) is 10.2 Å². The van der Waals surface area contributed by atoms with Gasteiger partial charge in [-0.15, -0.1) is 11.8 Å². The van der Waals surface area contributed by atoms with E-state index in [0.717, 1.165) is 25.7 Å². The Morgan fingerprint density at radius 2 is 2.06 bits per heavy atom. The third-order valence-electron chi connectivity index (χ3n) is 5.57. The Bertz CT molecular complexity index is 967. The second-order valence-electron chi connectivity index (χ2n) is 7.80. The smallest absolute Gasteiger partial charge is 0.352 e. The normalized spacial score (nSPS) is 21.0. The van der Waals surface area contributed by atoms with E-state index in [1.54, 1.807) is 36.4 Å². The number of hydrogen-bond donors (Lipinski definition) is 2. The van der Waals surface area contributed by atoms with Gasteiger partial charge in [0.05, 0.1) is 6.07 Å². The largest absolute Gasteiger partial charge is 0.477 e. The number of β-lactam (4-membered cyclic amide) rings is 1. The number of benzene rings is 1. The van der Waals surface area contributed by atoms with Gasteiger partial charge in [-0.05, 0) is 24.0 Å². The van der Waals surface area contributed by atoms with E-state index in [4.69, 9.17) is 0 Å². The van der Waals surface area contributed by atoms with Crippen LogP contribution in [0.4, 0.5) is 0 Å². The number of fused-ring (bicyclic) bond motifs is 1. The summed E-state index contributed by atoms with van der Waals surface area (Å²) in [5.41, 5.74) is 1.13. The van der Waals surface area contributed by atoms with E-state index in [2.05, 4.69) is 12.2 Å². The van der Waals surface area contributed by atoms with E-state index in [-0.39, 0.29) is 5.70 Å². The number of carboxylic acid groups (broad SMARTS) is 1. The first-order valence-corrected chi connectivity index (χ1v) is 11.9. The number of amides is 2. The van der Waals surface area contributed by atoms with Gasteiger partial charge in [-0.1, -0.05) is 68.7 Å². The number of hydrogen-bond acceptors (Lipinski definition) is 5. The van der Waals surface area contributed by atoms with Crippen molar-refractivity contribution in [3.63, 3.8) is 0 Å². The van der Waals surface area contributed by atoms with E-state index < -0.39 is 35.1 Å². The van der Waals surface area contributed by atoms with Crippen LogP contribution in [0.25, 0.3) is 0 Å². The van der Waals surface area contributed by atoms with E-state index in [0.29, 0.717) is 16.9 Å². The minimum atomic E-state index is -1.15. The molecule has 1 aromatic rings. The molecule has 1 aromatic carbocycles. The third-order valence-corrected chi connectivity index (χ3v) is 6.87. The molecular formula is C24H27N3O4S. The summed E-state index contributed by atoms with van der Waals surface area (Å²) < 4.78 is 0. The first-order valence-electron chi connectivity index (χ1n) is 10.8. The van der Waals surface area contributed by atoms with E-state index in [1.807, 2.05) is 12.1 Å². The predicted octanol–water partition coefficient (Wildman–Crippen LogP) is 3.56. The average Bonchev–Trinajstić information content (AvgIpc) is 2.80. The van der Waals surface area contributed by atoms with Crippen molar-refractivity contribution in [1.29, 1.82) is 5.26 Å². The topological polar surface area (TPSA) is 110 Å². The molecule has 168 valence electrons. The fourth-order valence-corrected chi connectivity index (χ4v) is 5.17. The Kier molecular flexibility index (Phi) is 8.12. The minimum Gasteiger partial charge on any atom is -0.477 e. The molecule has 2 aliphatic heterocycles. The molecule has 0 bridgehead atoms. The minimum absolute atomic E-state index is 0.0195. The molecule has 7 nitrogen and oxygen atoms in total. The van der Waals surface area contributed by atoms with Gasteiger partial charge < -0.3 is 10.4 Å². The zero-order valence-electron chi connectivity index (χ0n) is 18.0. The predicted molar refractivity (Wildman–Crippen MR) is 122 cm³/mol. The van der Waals surface area contributed by atoms with Gasteiger partial charge in [-0.25, -0.2) is 4.79 Å². The SMILES string of the molecule is CCCCCCC=CC1=C(C(=O)O)N2C(=O)C(NC(=O)C(C#N)c3ccccc3)[C@@H]2SC1. The Morgan fingerprint density at radius 3 is 2.72 bits per heavy atom. The number of unbranched alkanes of at least 4 members (excludes halogenated alkanes) is 4. The number of carboxylic acids is 1. The van der Waals surface area contributed by atoms with Crippen LogP contribution in [0.2, 0.25) is 0 Å². The number of nitrogens with zero attached hydrogens (tertiary/aromatic N) is 2. The number of nitrogens with one attached hydrogen (secondary N) is 1. The fraction of sp³-hybridized carbons (Fsp3) is 0.417. The van der Waals surface area contributed by atoms with Crippen LogP contribution in [0.3, 0.4) is 0 Å². The maximum atomic E-state index is 12.8. The molecule has 2 unspecified atom stereocenters. The molecule has 8 heteroatoms. The number of thioether (sulfide) groups is 1. The van der Waals surface area contributed by atoms with Gasteiger partial charge in [0.1, 0.15) is 23.0 Å². The van der Waals surface area contributed by atoms with Gasteiger partial charge in [-0.2, -0.15) is 5.26 Å². The molecule has 3 rings (SSSR count). The monoisotopic (exact) mass is 453 g/mol. The first kappa shape index (κ1) is 23.6. The van der Waals surface area contributed by atoms with Crippen molar-refractivity contribution in [2.75, 3.05) is 5.75 Å². The highest BCUT2D eigenvalue weighted by Crippen LogP contribution is 2.41. The van der Waals surface area contributed by atoms with Gasteiger partial charge in [0.25, 0.3) is 5.91 Å². The molecule has 1 fully saturated rings. The maximum absolute atomic E-state index is 12.8. The zero-order chi connectivity index (χ0) is 23.1. The molecule has 32 heavy (non-hydrogen) atoms. The average molecular weight is 454 g/mol. The number of carbonyl (C=O) groups excluding carboxylic acids is 2. The molecule has 0 radical (unpaired) electrons. The second-order valence-corrected chi connectivity index (χ2v) is 8.90. The summed E-state index contributed by atoms with van der Waals surface area (Å²) >= 11 is 1.42. The Morgan fingerprint density at radius 1 is 1.31 bits per heavy atom. The molecule has 2 N–H and O–H groups in total. The first-order chi connectivity index (χ1) is 15.5. The molecule has 0 aromatic heterocycles. The van der Waals surface area contributed by atoms with Crippen molar-refractivity contribution in [2.24, 2.45) is 0 Å². The quantitative estimate of drug-likeness (QED) is 0.414. The van der Waals surface area contributed by atoms with Gasteiger partial charge in [0, 0.05) is 5.75 Å². The standard InChI is InChI=1S/C24H27N3O4S/c1-2-3-4-5-6-8-13-17-15-32-23-19(22(29)27(23)20(17)24(30)31)26-21(28)18(14-25)16-11-9-7-10-12-16/h7-13,18-19,23H,2-6,15H2,1H3,(H,26,28)(H,30,31)/t18?,19?,23-/m0/s1. The van der Waals surface area contributed by atoms with Crippen molar-refractivity contribution < 1.29 is 19.5 Å². The third kappa shape index (κ3) is 5.05. The highest BCUT2D eigenvalue weighted by atomic mass is 32.2. The van der Waals surface area contributed by atoms with Crippen molar-refractivity contribution >= 4 is 29.5 Å². The van der Waals surface area contributed by atoms with Crippen molar-refractivity contribution in [3.8, 4) is 6.07 Å². The lowest BCUT2D eigenvalue weighted by molar-refractivity contribution is -0.150. The highest BCUT2D eigenvalue weighted by Gasteiger charge is 2.54. The lowest BCUT2D eigenvalue weighted by Gasteiger charge is -2.49. The zero-order valence-corrected chi connectivity index (χ0v) is 18.8. The van der Waals surface area contributed by atoms with Gasteiger partial charge in [0.2, 0.25) is 5.91 Å². The number of nitriles is 1. The van der Waals surface area contributed by atoms with Crippen LogP contribution in [-0.2, 0) is 14.4 Å². The molecule has 0 saturated carbocycles. The molecule has 0 spiro atoms. The fourth-order valence-electron chi connectivity index (χ4n) is 3.85. The summed E-state index contributed by atoms with van der Waals surface area (Å²) in [5, 5.41) is 21.3. The van der Waals surface area contributed by atoms with Gasteiger partial charge >= 0.3 is 5.97 Å². The Hall–Kier alpha value is -3.05. The van der Waals surface area contributed by atoms with Crippen LogP contribution >= 0.6 is 11.8 Å². The molecule has 1 saturated heterocycles. The number of allylic oxidation sites excluding steroid dienone is 2. The summed E-state index contributed by atoms with van der Waals surface area (Å²) in [5.74, 6) is -2.78. The summed E-state index contributed by atoms with van der Waals surface area (Å²) in [6, 6.07) is 9.77. The maximum Gasteiger partial charge on any atom is 0.352 e. The highest BCUT2D eigenvalue weighted by molar-refractivity contribution is 8.00. The van der Waals surface area contributed by atoms with Crippen LogP contribution in [-0.4, -0.2) is 45.0 Å².